The molecule has 0 unspecified atom stereocenters. The normalized spacial score (nSPS) is 10.2. The van der Waals surface area contributed by atoms with Crippen LogP contribution in [0.1, 0.15) is 10.4 Å². The lowest BCUT2D eigenvalue weighted by Gasteiger charge is -2.13. The number of methoxy groups -OCH3 is 2. The summed E-state index contributed by atoms with van der Waals surface area (Å²) >= 11 is 11.7. The summed E-state index contributed by atoms with van der Waals surface area (Å²) in [4.78, 5) is 25.8. The summed E-state index contributed by atoms with van der Waals surface area (Å²) in [6.45, 7) is 0. The number of rotatable bonds is 4. The molecule has 0 saturated carbocycles. The van der Waals surface area contributed by atoms with Crippen molar-refractivity contribution in [3.63, 3.8) is 0 Å². The Hall–Kier alpha value is -2.18. The second-order valence-electron chi connectivity index (χ2n) is 4.21. The molecule has 8 heteroatoms. The summed E-state index contributed by atoms with van der Waals surface area (Å²) in [5.41, 5.74) is 0.0978. The van der Waals surface area contributed by atoms with E-state index in [0.717, 1.165) is 0 Å². The minimum absolute atomic E-state index is 0.0756. The largest absolute Gasteiger partial charge is 0.495 e. The van der Waals surface area contributed by atoms with Crippen LogP contribution in [0.25, 0.3) is 0 Å². The van der Waals surface area contributed by atoms with Crippen LogP contribution in [0.4, 0.5) is 5.69 Å². The Kier molecular flexibility index (Phi) is 4.95. The zero-order valence-corrected chi connectivity index (χ0v) is 13.2. The third kappa shape index (κ3) is 3.35. The van der Waals surface area contributed by atoms with Crippen molar-refractivity contribution in [3.05, 3.63) is 50.4 Å². The van der Waals surface area contributed by atoms with Gasteiger partial charge in [-0.25, -0.2) is 0 Å². The molecule has 1 aromatic heterocycles. The first-order valence-corrected chi connectivity index (χ1v) is 6.83. The van der Waals surface area contributed by atoms with Gasteiger partial charge in [0, 0.05) is 18.3 Å². The maximum Gasteiger partial charge on any atom is 0.266 e. The van der Waals surface area contributed by atoms with Crippen molar-refractivity contribution in [2.24, 2.45) is 0 Å². The fourth-order valence-electron chi connectivity index (χ4n) is 1.74. The zero-order chi connectivity index (χ0) is 16.3. The van der Waals surface area contributed by atoms with Gasteiger partial charge in [-0.2, -0.15) is 0 Å². The van der Waals surface area contributed by atoms with Crippen LogP contribution in [0.3, 0.4) is 0 Å². The third-order valence-electron chi connectivity index (χ3n) is 2.84. The Morgan fingerprint density at radius 2 is 1.77 bits per heavy atom. The van der Waals surface area contributed by atoms with Gasteiger partial charge in [0.1, 0.15) is 16.5 Å². The first-order valence-electron chi connectivity index (χ1n) is 6.07. The van der Waals surface area contributed by atoms with Gasteiger partial charge in [-0.3, -0.25) is 9.59 Å². The van der Waals surface area contributed by atoms with Crippen LogP contribution in [0, 0.1) is 0 Å². The fraction of sp³-hybridized carbons (Fsp3) is 0.143. The van der Waals surface area contributed by atoms with Gasteiger partial charge in [-0.1, -0.05) is 23.2 Å². The highest BCUT2D eigenvalue weighted by molar-refractivity contribution is 6.32. The van der Waals surface area contributed by atoms with Crippen LogP contribution in [0.15, 0.2) is 29.2 Å². The van der Waals surface area contributed by atoms with E-state index in [0.29, 0.717) is 22.2 Å². The molecule has 6 nitrogen and oxygen atoms in total. The van der Waals surface area contributed by atoms with Crippen molar-refractivity contribution < 1.29 is 14.3 Å². The number of aromatic amines is 1. The number of carbonyl (C=O) groups is 1. The standard InChI is InChI=1S/C14H12Cl2N2O4/c1-21-11-5-10(12(22-2)4-8(11)15)18-13(19)7-3-9(16)14(20)17-6-7/h3-6H,1-2H3,(H,17,20)(H,18,19). The van der Waals surface area contributed by atoms with Gasteiger partial charge < -0.3 is 19.8 Å². The molecule has 0 radical (unpaired) electrons. The molecule has 2 N–H and O–H groups in total. The van der Waals surface area contributed by atoms with Crippen molar-refractivity contribution in [1.29, 1.82) is 0 Å². The smallest absolute Gasteiger partial charge is 0.266 e. The van der Waals surface area contributed by atoms with E-state index in [2.05, 4.69) is 10.3 Å². The van der Waals surface area contributed by atoms with Crippen LogP contribution in [-0.4, -0.2) is 25.1 Å². The molecule has 0 bridgehead atoms. The number of hydrogen-bond donors (Lipinski definition) is 2. The summed E-state index contributed by atoms with van der Waals surface area (Å²) in [6.07, 6.45) is 1.27. The quantitative estimate of drug-likeness (QED) is 0.894. The first-order chi connectivity index (χ1) is 10.5. The van der Waals surface area contributed by atoms with E-state index in [1.807, 2.05) is 0 Å². The maximum absolute atomic E-state index is 12.2. The van der Waals surface area contributed by atoms with E-state index in [4.69, 9.17) is 32.7 Å². The zero-order valence-electron chi connectivity index (χ0n) is 11.7. The summed E-state index contributed by atoms with van der Waals surface area (Å²) in [5, 5.41) is 2.92. The second-order valence-corrected chi connectivity index (χ2v) is 5.02. The van der Waals surface area contributed by atoms with Gasteiger partial charge in [0.2, 0.25) is 0 Å². The van der Waals surface area contributed by atoms with Crippen molar-refractivity contribution in [2.75, 3.05) is 19.5 Å². The third-order valence-corrected chi connectivity index (χ3v) is 3.42. The molecule has 22 heavy (non-hydrogen) atoms. The molecule has 0 atom stereocenters. The molecule has 2 aromatic rings. The predicted molar refractivity (Wildman–Crippen MR) is 84.6 cm³/mol. The summed E-state index contributed by atoms with van der Waals surface area (Å²) in [7, 11) is 2.91. The van der Waals surface area contributed by atoms with Crippen LogP contribution in [0.5, 0.6) is 11.5 Å². The van der Waals surface area contributed by atoms with Gasteiger partial charge in [-0.05, 0) is 6.07 Å². The van der Waals surface area contributed by atoms with Crippen molar-refractivity contribution in [3.8, 4) is 11.5 Å². The number of benzene rings is 1. The lowest BCUT2D eigenvalue weighted by atomic mass is 10.2. The van der Waals surface area contributed by atoms with Crippen LogP contribution in [0.2, 0.25) is 10.0 Å². The minimum atomic E-state index is -0.471. The van der Waals surface area contributed by atoms with Gasteiger partial charge in [-0.15, -0.1) is 0 Å². The second kappa shape index (κ2) is 6.72. The van der Waals surface area contributed by atoms with E-state index in [9.17, 15) is 9.59 Å². The van der Waals surface area contributed by atoms with Crippen LogP contribution < -0.4 is 20.3 Å². The Morgan fingerprint density at radius 3 is 2.36 bits per heavy atom. The van der Waals surface area contributed by atoms with Crippen LogP contribution >= 0.6 is 23.2 Å². The maximum atomic E-state index is 12.2. The molecule has 0 saturated heterocycles. The molecule has 0 aliphatic heterocycles. The van der Waals surface area contributed by atoms with E-state index in [1.54, 1.807) is 0 Å². The van der Waals surface area contributed by atoms with E-state index < -0.39 is 11.5 Å². The molecule has 2 rings (SSSR count). The molecular weight excluding hydrogens is 331 g/mol. The number of anilines is 1. The average Bonchev–Trinajstić information content (AvgIpc) is 2.51. The van der Waals surface area contributed by atoms with Crippen molar-refractivity contribution >= 4 is 34.8 Å². The number of aromatic nitrogens is 1. The number of halogens is 2. The topological polar surface area (TPSA) is 80.4 Å². The lowest BCUT2D eigenvalue weighted by molar-refractivity contribution is 0.102. The van der Waals surface area contributed by atoms with Gasteiger partial charge in [0.25, 0.3) is 11.5 Å². The summed E-state index contributed by atoms with van der Waals surface area (Å²) < 4.78 is 10.3. The monoisotopic (exact) mass is 342 g/mol. The number of ether oxygens (including phenoxy) is 2. The van der Waals surface area contributed by atoms with Crippen molar-refractivity contribution in [1.82, 2.24) is 4.98 Å². The van der Waals surface area contributed by atoms with Crippen LogP contribution in [-0.2, 0) is 0 Å². The molecule has 0 spiro atoms. The molecule has 0 aliphatic rings. The van der Waals surface area contributed by atoms with E-state index in [1.165, 1.54) is 38.6 Å². The van der Waals surface area contributed by atoms with E-state index in [-0.39, 0.29) is 10.6 Å². The fourth-order valence-corrected chi connectivity index (χ4v) is 2.14. The minimum Gasteiger partial charge on any atom is -0.495 e. The SMILES string of the molecule is COc1cc(NC(=O)c2c[nH]c(=O)c(Cl)c2)c(OC)cc1Cl. The number of pyridine rings is 1. The molecular formula is C14H12Cl2N2O4. The molecule has 1 amide bonds. The molecule has 0 aliphatic carbocycles. The van der Waals surface area contributed by atoms with Gasteiger partial charge in [0.15, 0.2) is 0 Å². The number of nitrogens with one attached hydrogen (secondary N) is 2. The summed E-state index contributed by atoms with van der Waals surface area (Å²) in [5.74, 6) is 0.285. The molecule has 1 aromatic carbocycles. The number of H-pyrrole nitrogens is 1. The van der Waals surface area contributed by atoms with Gasteiger partial charge >= 0.3 is 0 Å². The highest BCUT2D eigenvalue weighted by Crippen LogP contribution is 2.36. The number of amides is 1. The Bertz CT molecular complexity index is 774. The Balaban J connectivity index is 2.34. The lowest BCUT2D eigenvalue weighted by Crippen LogP contribution is -2.16. The molecule has 0 fully saturated rings. The summed E-state index contributed by atoms with van der Waals surface area (Å²) in [6, 6.07) is 4.33. The van der Waals surface area contributed by atoms with E-state index >= 15 is 0 Å². The Morgan fingerprint density at radius 1 is 1.09 bits per heavy atom. The average molecular weight is 343 g/mol. The highest BCUT2D eigenvalue weighted by Gasteiger charge is 2.14. The van der Waals surface area contributed by atoms with Gasteiger partial charge in [0.05, 0.1) is 30.5 Å². The molecule has 1 heterocycles. The number of hydrogen-bond acceptors (Lipinski definition) is 4. The predicted octanol–water partition coefficient (Wildman–Crippen LogP) is 2.95. The first kappa shape index (κ1) is 16.2. The molecule has 116 valence electrons. The number of carbonyl (C=O) groups excluding carboxylic acids is 1. The highest BCUT2D eigenvalue weighted by atomic mass is 35.5. The van der Waals surface area contributed by atoms with Crippen molar-refractivity contribution in [2.45, 2.75) is 0 Å². The Labute approximate surface area is 136 Å².